The fraction of sp³-hybridized carbons (Fsp3) is 0.800. The second-order valence-electron chi connectivity index (χ2n) is 5.36. The summed E-state index contributed by atoms with van der Waals surface area (Å²) in [5, 5.41) is 11.3. The first-order valence-electron chi connectivity index (χ1n) is 5.75. The number of rotatable bonds is 5. The van der Waals surface area contributed by atoms with Crippen molar-refractivity contribution in [1.82, 2.24) is 14.9 Å². The number of carboxylic acids is 1. The second-order valence-corrected chi connectivity index (χ2v) is 7.11. The minimum absolute atomic E-state index is 0.118. The number of sulfonamides is 1. The van der Waals surface area contributed by atoms with Gasteiger partial charge in [-0.3, -0.25) is 4.79 Å². The lowest BCUT2D eigenvalue weighted by Gasteiger charge is -2.37. The highest BCUT2D eigenvalue weighted by atomic mass is 32.2. The molecule has 19 heavy (non-hydrogen) atoms. The predicted molar refractivity (Wildman–Crippen MR) is 68.2 cm³/mol. The largest absolute Gasteiger partial charge is 0.481 e. The van der Waals surface area contributed by atoms with Crippen LogP contribution in [0.15, 0.2) is 0 Å². The van der Waals surface area contributed by atoms with E-state index in [-0.39, 0.29) is 25.7 Å². The number of nitrogens with one attached hydrogen (secondary N) is 2. The van der Waals surface area contributed by atoms with Gasteiger partial charge in [-0.2, -0.15) is 0 Å². The third-order valence-corrected chi connectivity index (χ3v) is 3.58. The molecular formula is C10H19N3O5S. The van der Waals surface area contributed by atoms with Crippen LogP contribution in [0.3, 0.4) is 0 Å². The van der Waals surface area contributed by atoms with Gasteiger partial charge in [0.15, 0.2) is 0 Å². The molecule has 0 aromatic rings. The first kappa shape index (κ1) is 15.7. The van der Waals surface area contributed by atoms with Crippen LogP contribution in [0.5, 0.6) is 0 Å². The Kier molecular flexibility index (Phi) is 4.41. The minimum atomic E-state index is -3.35. The zero-order chi connectivity index (χ0) is 14.8. The van der Waals surface area contributed by atoms with Crippen molar-refractivity contribution in [3.8, 4) is 0 Å². The molecule has 0 radical (unpaired) electrons. The molecule has 0 aliphatic carbocycles. The molecule has 0 aromatic heterocycles. The van der Waals surface area contributed by atoms with Gasteiger partial charge in [0.05, 0.1) is 12.2 Å². The SMILES string of the molecule is CC(C)(CNC(=O)N1CC(C(=O)O)C1)NS(C)(=O)=O. The monoisotopic (exact) mass is 293 g/mol. The van der Waals surface area contributed by atoms with E-state index in [4.69, 9.17) is 5.11 Å². The van der Waals surface area contributed by atoms with E-state index >= 15 is 0 Å². The lowest BCUT2D eigenvalue weighted by Crippen LogP contribution is -2.59. The van der Waals surface area contributed by atoms with Gasteiger partial charge in [0, 0.05) is 25.2 Å². The summed E-state index contributed by atoms with van der Waals surface area (Å²) in [6.07, 6.45) is 1.05. The van der Waals surface area contributed by atoms with E-state index in [1.54, 1.807) is 13.8 Å². The number of amides is 2. The molecule has 0 spiro atoms. The molecule has 1 fully saturated rings. The maximum atomic E-state index is 11.7. The van der Waals surface area contributed by atoms with E-state index in [9.17, 15) is 18.0 Å². The van der Waals surface area contributed by atoms with Crippen molar-refractivity contribution in [3.05, 3.63) is 0 Å². The quantitative estimate of drug-likeness (QED) is 0.604. The van der Waals surface area contributed by atoms with Crippen molar-refractivity contribution in [2.45, 2.75) is 19.4 Å². The van der Waals surface area contributed by atoms with Gasteiger partial charge in [-0.15, -0.1) is 0 Å². The summed E-state index contributed by atoms with van der Waals surface area (Å²) in [6.45, 7) is 3.77. The van der Waals surface area contributed by atoms with Crippen LogP contribution in [-0.2, 0) is 14.8 Å². The fourth-order valence-corrected chi connectivity index (χ4v) is 2.82. The fourth-order valence-electron chi connectivity index (χ4n) is 1.75. The van der Waals surface area contributed by atoms with Gasteiger partial charge in [0.25, 0.3) is 0 Å². The Balaban J connectivity index is 2.37. The van der Waals surface area contributed by atoms with Gasteiger partial charge in [-0.1, -0.05) is 0 Å². The number of hydrogen-bond donors (Lipinski definition) is 3. The van der Waals surface area contributed by atoms with Crippen LogP contribution >= 0.6 is 0 Å². The van der Waals surface area contributed by atoms with Crippen molar-refractivity contribution >= 4 is 22.0 Å². The van der Waals surface area contributed by atoms with E-state index in [2.05, 4.69) is 10.0 Å². The lowest BCUT2D eigenvalue weighted by molar-refractivity contribution is -0.146. The number of carbonyl (C=O) groups excluding carboxylic acids is 1. The molecular weight excluding hydrogens is 274 g/mol. The van der Waals surface area contributed by atoms with Gasteiger partial charge in [0.2, 0.25) is 10.0 Å². The van der Waals surface area contributed by atoms with Crippen LogP contribution in [0.2, 0.25) is 0 Å². The number of urea groups is 1. The Hall–Kier alpha value is -1.35. The molecule has 8 nitrogen and oxygen atoms in total. The topological polar surface area (TPSA) is 116 Å². The average Bonchev–Trinajstić information content (AvgIpc) is 2.07. The molecule has 9 heteroatoms. The summed E-state index contributed by atoms with van der Waals surface area (Å²) in [5.41, 5.74) is -0.805. The molecule has 0 unspecified atom stereocenters. The van der Waals surface area contributed by atoms with Crippen LogP contribution in [0, 0.1) is 5.92 Å². The van der Waals surface area contributed by atoms with E-state index in [1.165, 1.54) is 4.90 Å². The molecule has 1 rings (SSSR count). The average molecular weight is 293 g/mol. The molecule has 3 N–H and O–H groups in total. The smallest absolute Gasteiger partial charge is 0.317 e. The Morgan fingerprint density at radius 2 is 1.89 bits per heavy atom. The Labute approximate surface area is 112 Å². The van der Waals surface area contributed by atoms with Gasteiger partial charge in [-0.25, -0.2) is 17.9 Å². The zero-order valence-corrected chi connectivity index (χ0v) is 12.0. The lowest BCUT2D eigenvalue weighted by atomic mass is 10.0. The van der Waals surface area contributed by atoms with Crippen LogP contribution in [0.1, 0.15) is 13.8 Å². The molecule has 110 valence electrons. The number of nitrogens with zero attached hydrogens (tertiary/aromatic N) is 1. The summed E-state index contributed by atoms with van der Waals surface area (Å²) in [6, 6.07) is -0.388. The molecule has 0 saturated carbocycles. The van der Waals surface area contributed by atoms with Crippen molar-refractivity contribution in [2.24, 2.45) is 5.92 Å². The van der Waals surface area contributed by atoms with Gasteiger partial charge >= 0.3 is 12.0 Å². The van der Waals surface area contributed by atoms with Crippen LogP contribution < -0.4 is 10.0 Å². The highest BCUT2D eigenvalue weighted by Gasteiger charge is 2.36. The molecule has 0 bridgehead atoms. The standard InChI is InChI=1S/C10H19N3O5S/c1-10(2,12-19(3,17)18)6-11-9(16)13-4-7(5-13)8(14)15/h7,12H,4-6H2,1-3H3,(H,11,16)(H,14,15). The van der Waals surface area contributed by atoms with Crippen molar-refractivity contribution in [2.75, 3.05) is 25.9 Å². The van der Waals surface area contributed by atoms with Crippen molar-refractivity contribution in [1.29, 1.82) is 0 Å². The highest BCUT2D eigenvalue weighted by molar-refractivity contribution is 7.88. The van der Waals surface area contributed by atoms with Crippen LogP contribution in [0.25, 0.3) is 0 Å². The van der Waals surface area contributed by atoms with Crippen LogP contribution in [0.4, 0.5) is 4.79 Å². The van der Waals surface area contributed by atoms with E-state index in [0.29, 0.717) is 0 Å². The molecule has 0 aromatic carbocycles. The Bertz CT molecular complexity index is 468. The summed E-state index contributed by atoms with van der Waals surface area (Å²) >= 11 is 0. The maximum Gasteiger partial charge on any atom is 0.317 e. The molecule has 1 saturated heterocycles. The Morgan fingerprint density at radius 3 is 2.32 bits per heavy atom. The normalized spacial score (nSPS) is 16.9. The zero-order valence-electron chi connectivity index (χ0n) is 11.1. The first-order chi connectivity index (χ1) is 8.50. The molecule has 1 aliphatic heterocycles. The molecule has 2 amide bonds. The summed E-state index contributed by atoms with van der Waals surface area (Å²) in [4.78, 5) is 23.6. The second kappa shape index (κ2) is 5.33. The number of carbonyl (C=O) groups is 2. The van der Waals surface area contributed by atoms with E-state index < -0.39 is 27.4 Å². The van der Waals surface area contributed by atoms with E-state index in [1.807, 2.05) is 0 Å². The molecule has 1 aliphatic rings. The van der Waals surface area contributed by atoms with Gasteiger partial charge in [-0.05, 0) is 13.8 Å². The summed E-state index contributed by atoms with van der Waals surface area (Å²) < 4.78 is 24.6. The van der Waals surface area contributed by atoms with Crippen molar-refractivity contribution < 1.29 is 23.1 Å². The highest BCUT2D eigenvalue weighted by Crippen LogP contribution is 2.15. The van der Waals surface area contributed by atoms with E-state index in [0.717, 1.165) is 6.26 Å². The molecule has 1 heterocycles. The first-order valence-corrected chi connectivity index (χ1v) is 7.64. The van der Waals surface area contributed by atoms with Crippen LogP contribution in [-0.4, -0.2) is 61.9 Å². The van der Waals surface area contributed by atoms with Gasteiger partial charge in [0.1, 0.15) is 0 Å². The number of hydrogen-bond acceptors (Lipinski definition) is 4. The van der Waals surface area contributed by atoms with Gasteiger partial charge < -0.3 is 15.3 Å². The van der Waals surface area contributed by atoms with Crippen molar-refractivity contribution in [3.63, 3.8) is 0 Å². The third kappa shape index (κ3) is 5.03. The molecule has 0 atom stereocenters. The minimum Gasteiger partial charge on any atom is -0.481 e. The number of likely N-dealkylation sites (tertiary alicyclic amines) is 1. The maximum absolute atomic E-state index is 11.7. The summed E-state index contributed by atoms with van der Waals surface area (Å²) in [5.74, 6) is -1.42. The number of aliphatic carboxylic acids is 1. The Morgan fingerprint density at radius 1 is 1.37 bits per heavy atom. The number of carboxylic acid groups (broad SMARTS) is 1. The predicted octanol–water partition coefficient (Wildman–Crippen LogP) is -0.960. The third-order valence-electron chi connectivity index (χ3n) is 2.66. The summed E-state index contributed by atoms with van der Waals surface area (Å²) in [7, 11) is -3.35.